The van der Waals surface area contributed by atoms with E-state index in [9.17, 15) is 5.11 Å². The molecule has 1 rings (SSSR count). The molecule has 3 nitrogen and oxygen atoms in total. The van der Waals surface area contributed by atoms with Crippen LogP contribution < -0.4 is 5.73 Å². The lowest BCUT2D eigenvalue weighted by Crippen LogP contribution is -2.41. The van der Waals surface area contributed by atoms with Crippen LogP contribution in [0.15, 0.2) is 0 Å². The van der Waals surface area contributed by atoms with Crippen molar-refractivity contribution in [3.63, 3.8) is 0 Å². The van der Waals surface area contributed by atoms with Crippen molar-refractivity contribution in [1.82, 2.24) is 4.90 Å². The van der Waals surface area contributed by atoms with Gasteiger partial charge in [-0.1, -0.05) is 19.3 Å². The lowest BCUT2D eigenvalue weighted by atomic mass is 9.93. The molecule has 90 valence electrons. The minimum atomic E-state index is -0.692. The monoisotopic (exact) mass is 214 g/mol. The largest absolute Gasteiger partial charge is 0.389 e. The quantitative estimate of drug-likeness (QED) is 0.726. The molecule has 3 N–H and O–H groups in total. The van der Waals surface area contributed by atoms with Gasteiger partial charge in [0.25, 0.3) is 0 Å². The normalized spacial score (nSPS) is 23.0. The summed E-state index contributed by atoms with van der Waals surface area (Å²) in [6.45, 7) is 3.13. The van der Waals surface area contributed by atoms with E-state index >= 15 is 0 Å². The van der Waals surface area contributed by atoms with Crippen molar-refractivity contribution >= 4 is 0 Å². The first-order chi connectivity index (χ1) is 7.05. The van der Waals surface area contributed by atoms with E-state index in [0.717, 1.165) is 19.0 Å². The predicted octanol–water partition coefficient (Wildman–Crippen LogP) is 1.35. The smallest absolute Gasteiger partial charge is 0.0753 e. The van der Waals surface area contributed by atoms with Crippen LogP contribution in [0, 0.1) is 0 Å². The summed E-state index contributed by atoms with van der Waals surface area (Å²) in [6, 6.07) is 0.729. The molecule has 1 unspecified atom stereocenters. The molecule has 0 bridgehead atoms. The molecule has 0 spiro atoms. The third-order valence-corrected chi connectivity index (χ3v) is 3.64. The van der Waals surface area contributed by atoms with Crippen LogP contribution in [0.4, 0.5) is 0 Å². The zero-order valence-electron chi connectivity index (χ0n) is 10.2. The van der Waals surface area contributed by atoms with Gasteiger partial charge in [-0.15, -0.1) is 0 Å². The third kappa shape index (κ3) is 4.49. The molecule has 15 heavy (non-hydrogen) atoms. The zero-order chi connectivity index (χ0) is 11.3. The summed E-state index contributed by atoms with van der Waals surface area (Å²) in [6.07, 6.45) is 7.54. The van der Waals surface area contributed by atoms with E-state index in [2.05, 4.69) is 11.9 Å². The van der Waals surface area contributed by atoms with Crippen molar-refractivity contribution in [2.75, 3.05) is 20.1 Å². The van der Waals surface area contributed by atoms with Crippen LogP contribution in [-0.4, -0.2) is 41.8 Å². The van der Waals surface area contributed by atoms with E-state index in [-0.39, 0.29) is 0 Å². The molecule has 0 heterocycles. The van der Waals surface area contributed by atoms with Gasteiger partial charge in [-0.2, -0.15) is 0 Å². The number of hydrogen-bond donors (Lipinski definition) is 2. The molecule has 3 heteroatoms. The Balaban J connectivity index is 2.25. The molecule has 0 radical (unpaired) electrons. The van der Waals surface area contributed by atoms with Gasteiger partial charge in [0, 0.05) is 19.1 Å². The van der Waals surface area contributed by atoms with E-state index in [1.54, 1.807) is 0 Å². The summed E-state index contributed by atoms with van der Waals surface area (Å²) < 4.78 is 0. The number of nitrogens with zero attached hydrogens (tertiary/aromatic N) is 1. The van der Waals surface area contributed by atoms with Gasteiger partial charge in [0.1, 0.15) is 0 Å². The number of aliphatic hydroxyl groups is 1. The molecule has 0 aromatic heterocycles. The summed E-state index contributed by atoms with van der Waals surface area (Å²) in [5.74, 6) is 0. The van der Waals surface area contributed by atoms with Crippen LogP contribution in [0.5, 0.6) is 0 Å². The topological polar surface area (TPSA) is 49.5 Å². The molecule has 0 aromatic rings. The van der Waals surface area contributed by atoms with Gasteiger partial charge in [0.2, 0.25) is 0 Å². The number of rotatable bonds is 5. The Morgan fingerprint density at radius 3 is 2.47 bits per heavy atom. The first kappa shape index (κ1) is 12.9. The highest BCUT2D eigenvalue weighted by molar-refractivity contribution is 4.78. The highest BCUT2D eigenvalue weighted by Gasteiger charge is 2.22. The SMILES string of the molecule is CN(CCC(C)(O)CN)C1CCCCC1. The number of nitrogens with two attached hydrogens (primary N) is 1. The fraction of sp³-hybridized carbons (Fsp3) is 1.00. The van der Waals surface area contributed by atoms with Gasteiger partial charge >= 0.3 is 0 Å². The highest BCUT2D eigenvalue weighted by atomic mass is 16.3. The Kier molecular flexibility index (Phi) is 5.03. The Morgan fingerprint density at radius 2 is 1.93 bits per heavy atom. The Labute approximate surface area is 93.6 Å². The van der Waals surface area contributed by atoms with Crippen molar-refractivity contribution < 1.29 is 5.11 Å². The summed E-state index contributed by atoms with van der Waals surface area (Å²) in [5, 5.41) is 9.82. The Bertz CT molecular complexity index is 176. The van der Waals surface area contributed by atoms with Crippen molar-refractivity contribution in [2.24, 2.45) is 5.73 Å². The van der Waals surface area contributed by atoms with Gasteiger partial charge in [-0.3, -0.25) is 0 Å². The summed E-state index contributed by atoms with van der Waals surface area (Å²) in [7, 11) is 2.17. The van der Waals surface area contributed by atoms with Crippen molar-refractivity contribution in [3.05, 3.63) is 0 Å². The van der Waals surface area contributed by atoms with Gasteiger partial charge in [-0.05, 0) is 33.2 Å². The molecule has 0 aliphatic heterocycles. The zero-order valence-corrected chi connectivity index (χ0v) is 10.2. The highest BCUT2D eigenvalue weighted by Crippen LogP contribution is 2.22. The molecular formula is C12H26N2O. The van der Waals surface area contributed by atoms with E-state index in [0.29, 0.717) is 6.54 Å². The molecule has 1 saturated carbocycles. The van der Waals surface area contributed by atoms with Crippen molar-refractivity contribution in [3.8, 4) is 0 Å². The fourth-order valence-corrected chi connectivity index (χ4v) is 2.22. The van der Waals surface area contributed by atoms with Crippen molar-refractivity contribution in [2.45, 2.75) is 57.1 Å². The molecule has 1 atom stereocenters. The fourth-order valence-electron chi connectivity index (χ4n) is 2.22. The Morgan fingerprint density at radius 1 is 1.33 bits per heavy atom. The van der Waals surface area contributed by atoms with Crippen molar-refractivity contribution in [1.29, 1.82) is 0 Å². The maximum atomic E-state index is 9.82. The standard InChI is InChI=1S/C12H26N2O/c1-12(15,10-13)8-9-14(2)11-6-4-3-5-7-11/h11,15H,3-10,13H2,1-2H3. The molecule has 1 fully saturated rings. The van der Waals surface area contributed by atoms with Crippen LogP contribution >= 0.6 is 0 Å². The summed E-state index contributed by atoms with van der Waals surface area (Å²) in [5.41, 5.74) is 4.81. The summed E-state index contributed by atoms with van der Waals surface area (Å²) >= 11 is 0. The second-order valence-corrected chi connectivity index (χ2v) is 5.22. The Hall–Kier alpha value is -0.120. The van der Waals surface area contributed by atoms with Crippen LogP contribution in [0.25, 0.3) is 0 Å². The minimum absolute atomic E-state index is 0.353. The maximum absolute atomic E-state index is 9.82. The molecule has 1 aliphatic rings. The van der Waals surface area contributed by atoms with Gasteiger partial charge in [0.05, 0.1) is 5.60 Å². The van der Waals surface area contributed by atoms with Gasteiger partial charge < -0.3 is 15.7 Å². The van der Waals surface area contributed by atoms with E-state index in [1.165, 1.54) is 32.1 Å². The second kappa shape index (κ2) is 5.83. The maximum Gasteiger partial charge on any atom is 0.0753 e. The van der Waals surface area contributed by atoms with Crippen LogP contribution in [0.1, 0.15) is 45.4 Å². The molecular weight excluding hydrogens is 188 g/mol. The molecule has 0 saturated heterocycles. The van der Waals surface area contributed by atoms with Gasteiger partial charge in [0.15, 0.2) is 0 Å². The van der Waals surface area contributed by atoms with Gasteiger partial charge in [-0.25, -0.2) is 0 Å². The number of hydrogen-bond acceptors (Lipinski definition) is 3. The predicted molar refractivity (Wildman–Crippen MR) is 63.8 cm³/mol. The summed E-state index contributed by atoms with van der Waals surface area (Å²) in [4.78, 5) is 2.39. The molecule has 1 aliphatic carbocycles. The molecule has 0 aromatic carbocycles. The lowest BCUT2D eigenvalue weighted by Gasteiger charge is -2.33. The van der Waals surface area contributed by atoms with E-state index in [4.69, 9.17) is 5.73 Å². The lowest BCUT2D eigenvalue weighted by molar-refractivity contribution is 0.0432. The first-order valence-electron chi connectivity index (χ1n) is 6.18. The van der Waals surface area contributed by atoms with Crippen LogP contribution in [0.2, 0.25) is 0 Å². The first-order valence-corrected chi connectivity index (χ1v) is 6.18. The van der Waals surface area contributed by atoms with Crippen LogP contribution in [-0.2, 0) is 0 Å². The van der Waals surface area contributed by atoms with E-state index in [1.807, 2.05) is 6.92 Å². The average molecular weight is 214 g/mol. The third-order valence-electron chi connectivity index (χ3n) is 3.64. The molecule has 0 amide bonds. The van der Waals surface area contributed by atoms with Crippen LogP contribution in [0.3, 0.4) is 0 Å². The minimum Gasteiger partial charge on any atom is -0.389 e. The van der Waals surface area contributed by atoms with E-state index < -0.39 is 5.60 Å². The second-order valence-electron chi connectivity index (χ2n) is 5.22. The average Bonchev–Trinajstić information content (AvgIpc) is 2.27.